The molecule has 0 aromatic heterocycles. The van der Waals surface area contributed by atoms with Gasteiger partial charge in [-0.3, -0.25) is 19.7 Å². The van der Waals surface area contributed by atoms with Gasteiger partial charge in [-0.2, -0.15) is 0 Å². The van der Waals surface area contributed by atoms with Crippen molar-refractivity contribution < 1.29 is 29.1 Å². The lowest BCUT2D eigenvalue weighted by molar-refractivity contribution is -0.384. The molecule has 1 unspecified atom stereocenters. The summed E-state index contributed by atoms with van der Waals surface area (Å²) in [5, 5.41) is 22.1. The van der Waals surface area contributed by atoms with Crippen LogP contribution in [0.3, 0.4) is 0 Å². The van der Waals surface area contributed by atoms with E-state index < -0.39 is 22.7 Å². The standard InChI is InChI=1S/C27H24N2O7/c1-35-21-13-8-17(16-22(21)36-2)14-15-28-24(18-6-4-3-5-7-18)23(26(31)27(28)32)25(30)19-9-11-20(12-10-19)29(33)34/h3-13,16,24,30H,14-15H2,1-2H3/b25-23-. The average Bonchev–Trinajstić information content (AvgIpc) is 3.16. The zero-order valence-corrected chi connectivity index (χ0v) is 19.7. The van der Waals surface area contributed by atoms with Gasteiger partial charge in [0.1, 0.15) is 5.76 Å². The van der Waals surface area contributed by atoms with Crippen molar-refractivity contribution in [2.75, 3.05) is 20.8 Å². The van der Waals surface area contributed by atoms with Gasteiger partial charge in [0.05, 0.1) is 30.8 Å². The summed E-state index contributed by atoms with van der Waals surface area (Å²) in [5.41, 5.74) is 1.53. The van der Waals surface area contributed by atoms with Crippen molar-refractivity contribution >= 4 is 23.1 Å². The number of rotatable bonds is 8. The lowest BCUT2D eigenvalue weighted by atomic mass is 9.95. The topological polar surface area (TPSA) is 119 Å². The molecule has 3 aromatic rings. The Labute approximate surface area is 207 Å². The molecular formula is C27H24N2O7. The fourth-order valence-corrected chi connectivity index (χ4v) is 4.27. The number of benzene rings is 3. The SMILES string of the molecule is COc1ccc(CCN2C(=O)C(=O)/C(=C(\O)c3ccc([N+](=O)[O-])cc3)C2c2ccccc2)cc1OC. The molecule has 1 saturated heterocycles. The van der Waals surface area contributed by atoms with E-state index in [4.69, 9.17) is 9.47 Å². The second kappa shape index (κ2) is 10.3. The molecule has 4 rings (SSSR count). The summed E-state index contributed by atoms with van der Waals surface area (Å²) in [4.78, 5) is 38.1. The summed E-state index contributed by atoms with van der Waals surface area (Å²) in [5.74, 6) is -0.797. The Morgan fingerprint density at radius 2 is 1.64 bits per heavy atom. The third kappa shape index (κ3) is 4.63. The van der Waals surface area contributed by atoms with Crippen molar-refractivity contribution in [1.29, 1.82) is 0 Å². The molecule has 0 aliphatic carbocycles. The molecule has 1 fully saturated rings. The molecule has 0 saturated carbocycles. The number of amides is 1. The van der Waals surface area contributed by atoms with E-state index >= 15 is 0 Å². The summed E-state index contributed by atoms with van der Waals surface area (Å²) >= 11 is 0. The minimum absolute atomic E-state index is 0.0626. The van der Waals surface area contributed by atoms with Crippen molar-refractivity contribution in [1.82, 2.24) is 4.90 Å². The maximum Gasteiger partial charge on any atom is 0.295 e. The van der Waals surface area contributed by atoms with E-state index in [9.17, 15) is 24.8 Å². The van der Waals surface area contributed by atoms with Gasteiger partial charge >= 0.3 is 0 Å². The summed E-state index contributed by atoms with van der Waals surface area (Å²) in [7, 11) is 3.08. The van der Waals surface area contributed by atoms with E-state index in [1.807, 2.05) is 18.2 Å². The van der Waals surface area contributed by atoms with Crippen LogP contribution in [-0.4, -0.2) is 47.4 Å². The van der Waals surface area contributed by atoms with Gasteiger partial charge in [0.25, 0.3) is 17.4 Å². The molecule has 0 bridgehead atoms. The van der Waals surface area contributed by atoms with Gasteiger partial charge in [0.2, 0.25) is 0 Å². The molecule has 184 valence electrons. The Morgan fingerprint density at radius 3 is 2.25 bits per heavy atom. The number of Topliss-reactive ketones (excluding diaryl/α,β-unsaturated/α-hetero) is 1. The van der Waals surface area contributed by atoms with Gasteiger partial charge in [0.15, 0.2) is 11.5 Å². The van der Waals surface area contributed by atoms with Gasteiger partial charge in [-0.15, -0.1) is 0 Å². The highest BCUT2D eigenvalue weighted by Crippen LogP contribution is 2.39. The number of hydrogen-bond donors (Lipinski definition) is 1. The number of carbonyl (C=O) groups excluding carboxylic acids is 2. The number of likely N-dealkylation sites (tertiary alicyclic amines) is 1. The van der Waals surface area contributed by atoms with Crippen LogP contribution >= 0.6 is 0 Å². The highest BCUT2D eigenvalue weighted by molar-refractivity contribution is 6.46. The Morgan fingerprint density at radius 1 is 0.972 bits per heavy atom. The predicted molar refractivity (Wildman–Crippen MR) is 132 cm³/mol. The molecule has 0 radical (unpaired) electrons. The maximum atomic E-state index is 13.1. The number of nitro groups is 1. The molecule has 1 heterocycles. The Hall–Kier alpha value is -4.66. The van der Waals surface area contributed by atoms with E-state index in [0.717, 1.165) is 5.56 Å². The van der Waals surface area contributed by atoms with Crippen LogP contribution in [0.5, 0.6) is 11.5 Å². The minimum Gasteiger partial charge on any atom is -0.507 e. The van der Waals surface area contributed by atoms with Crippen LogP contribution < -0.4 is 9.47 Å². The molecular weight excluding hydrogens is 464 g/mol. The normalized spacial score (nSPS) is 16.7. The summed E-state index contributed by atoms with van der Waals surface area (Å²) < 4.78 is 10.6. The van der Waals surface area contributed by atoms with Gasteiger partial charge < -0.3 is 19.5 Å². The number of carbonyl (C=O) groups is 2. The Balaban J connectivity index is 1.72. The summed E-state index contributed by atoms with van der Waals surface area (Å²) in [6, 6.07) is 18.7. The van der Waals surface area contributed by atoms with Gasteiger partial charge in [0, 0.05) is 24.2 Å². The number of non-ortho nitro benzene ring substituents is 1. The zero-order chi connectivity index (χ0) is 25.8. The first-order chi connectivity index (χ1) is 17.3. The van der Waals surface area contributed by atoms with E-state index in [1.165, 1.54) is 36.3 Å². The van der Waals surface area contributed by atoms with Gasteiger partial charge in [-0.05, 0) is 41.8 Å². The lowest BCUT2D eigenvalue weighted by Crippen LogP contribution is -2.31. The van der Waals surface area contributed by atoms with E-state index in [-0.39, 0.29) is 29.1 Å². The van der Waals surface area contributed by atoms with Crippen LogP contribution in [0.4, 0.5) is 5.69 Å². The molecule has 36 heavy (non-hydrogen) atoms. The third-order valence-corrected chi connectivity index (χ3v) is 6.10. The Kier molecular flexibility index (Phi) is 7.00. The van der Waals surface area contributed by atoms with Crippen LogP contribution in [-0.2, 0) is 16.0 Å². The van der Waals surface area contributed by atoms with Crippen LogP contribution in [0.15, 0.2) is 78.4 Å². The first kappa shape index (κ1) is 24.5. The van der Waals surface area contributed by atoms with Crippen LogP contribution in [0.25, 0.3) is 5.76 Å². The van der Waals surface area contributed by atoms with Gasteiger partial charge in [-0.25, -0.2) is 0 Å². The first-order valence-electron chi connectivity index (χ1n) is 11.1. The first-order valence-corrected chi connectivity index (χ1v) is 11.1. The zero-order valence-electron chi connectivity index (χ0n) is 19.7. The van der Waals surface area contributed by atoms with Crippen LogP contribution in [0.2, 0.25) is 0 Å². The van der Waals surface area contributed by atoms with Crippen molar-refractivity contribution in [3.63, 3.8) is 0 Å². The molecule has 9 nitrogen and oxygen atoms in total. The predicted octanol–water partition coefficient (Wildman–Crippen LogP) is 4.28. The largest absolute Gasteiger partial charge is 0.507 e. The monoisotopic (exact) mass is 488 g/mol. The molecule has 3 aromatic carbocycles. The number of nitro benzene ring substituents is 1. The Bertz CT molecular complexity index is 1330. The quantitative estimate of drug-likeness (QED) is 0.165. The smallest absolute Gasteiger partial charge is 0.295 e. The lowest BCUT2D eigenvalue weighted by Gasteiger charge is -2.25. The van der Waals surface area contributed by atoms with Crippen LogP contribution in [0.1, 0.15) is 22.7 Å². The minimum atomic E-state index is -0.818. The number of nitrogens with zero attached hydrogens (tertiary/aromatic N) is 2. The van der Waals surface area contributed by atoms with E-state index in [1.54, 1.807) is 37.4 Å². The summed E-state index contributed by atoms with van der Waals surface area (Å²) in [6.07, 6.45) is 0.425. The summed E-state index contributed by atoms with van der Waals surface area (Å²) in [6.45, 7) is 0.205. The molecule has 0 spiro atoms. The van der Waals surface area contributed by atoms with Crippen molar-refractivity contribution in [3.8, 4) is 11.5 Å². The van der Waals surface area contributed by atoms with Crippen molar-refractivity contribution in [3.05, 3.63) is 105 Å². The van der Waals surface area contributed by atoms with Crippen LogP contribution in [0, 0.1) is 10.1 Å². The number of aliphatic hydroxyl groups is 1. The molecule has 1 aliphatic heterocycles. The van der Waals surface area contributed by atoms with E-state index in [2.05, 4.69) is 0 Å². The molecule has 9 heteroatoms. The number of ketones is 1. The fourth-order valence-electron chi connectivity index (χ4n) is 4.27. The fraction of sp³-hybridized carbons (Fsp3) is 0.185. The number of methoxy groups -OCH3 is 2. The van der Waals surface area contributed by atoms with E-state index in [0.29, 0.717) is 23.5 Å². The molecule has 1 N–H and O–H groups in total. The second-order valence-corrected chi connectivity index (χ2v) is 8.15. The maximum absolute atomic E-state index is 13.1. The molecule has 1 atom stereocenters. The average molecular weight is 488 g/mol. The number of aliphatic hydroxyl groups excluding tert-OH is 1. The highest BCUT2D eigenvalue weighted by atomic mass is 16.6. The number of hydrogen-bond acceptors (Lipinski definition) is 7. The number of ether oxygens (including phenoxy) is 2. The molecule has 1 amide bonds. The van der Waals surface area contributed by atoms with Crippen molar-refractivity contribution in [2.24, 2.45) is 0 Å². The second-order valence-electron chi connectivity index (χ2n) is 8.15. The third-order valence-electron chi connectivity index (χ3n) is 6.10. The molecule has 1 aliphatic rings. The van der Waals surface area contributed by atoms with Crippen molar-refractivity contribution in [2.45, 2.75) is 12.5 Å². The van der Waals surface area contributed by atoms with Gasteiger partial charge in [-0.1, -0.05) is 36.4 Å². The highest BCUT2D eigenvalue weighted by Gasteiger charge is 2.45.